The second kappa shape index (κ2) is 5.39. The van der Waals surface area contributed by atoms with Gasteiger partial charge >= 0.3 is 6.18 Å². The Kier molecular flexibility index (Phi) is 4.60. The third kappa shape index (κ3) is 4.31. The van der Waals surface area contributed by atoms with E-state index in [9.17, 15) is 18.3 Å². The molecule has 3 nitrogen and oxygen atoms in total. The Labute approximate surface area is 106 Å². The number of nitrogens with zero attached hydrogens (tertiary/aromatic N) is 2. The maximum absolute atomic E-state index is 12.0. The van der Waals surface area contributed by atoms with Crippen LogP contribution < -0.4 is 0 Å². The fraction of sp³-hybridized carbons (Fsp3) is 0.700. The summed E-state index contributed by atoms with van der Waals surface area (Å²) in [6.07, 6.45) is -6.33. The number of rotatable bonds is 4. The molecule has 0 fully saturated rings. The lowest BCUT2D eigenvalue weighted by molar-refractivity contribution is -0.139. The number of aromatic nitrogens is 2. The van der Waals surface area contributed by atoms with Gasteiger partial charge in [-0.1, -0.05) is 0 Å². The molecular formula is C10H14BrF3N2O. The van der Waals surface area contributed by atoms with E-state index in [1.54, 1.807) is 18.7 Å². The maximum atomic E-state index is 12.0. The highest BCUT2D eigenvalue weighted by Gasteiger charge is 2.28. The molecule has 0 aliphatic heterocycles. The zero-order chi connectivity index (χ0) is 13.2. The quantitative estimate of drug-likeness (QED) is 0.928. The molecule has 0 saturated carbocycles. The van der Waals surface area contributed by atoms with E-state index in [4.69, 9.17) is 0 Å². The van der Waals surface area contributed by atoms with Gasteiger partial charge in [-0.05, 0) is 29.3 Å². The fourth-order valence-electron chi connectivity index (χ4n) is 1.56. The summed E-state index contributed by atoms with van der Waals surface area (Å²) in [6, 6.07) is 0. The average Bonchev–Trinajstić information content (AvgIpc) is 2.41. The average molecular weight is 315 g/mol. The lowest BCUT2D eigenvalue weighted by Gasteiger charge is -2.12. The molecule has 0 amide bonds. The molecule has 0 aromatic carbocycles. The van der Waals surface area contributed by atoms with E-state index in [0.717, 1.165) is 10.2 Å². The lowest BCUT2D eigenvalue weighted by Crippen LogP contribution is -2.18. The smallest absolute Gasteiger partial charge is 0.389 e. The molecule has 0 spiro atoms. The molecule has 1 aromatic rings. The normalized spacial score (nSPS) is 14.1. The van der Waals surface area contributed by atoms with Gasteiger partial charge in [-0.15, -0.1) is 0 Å². The van der Waals surface area contributed by atoms with E-state index < -0.39 is 18.7 Å². The van der Waals surface area contributed by atoms with Crippen LogP contribution in [0.2, 0.25) is 0 Å². The predicted molar refractivity (Wildman–Crippen MR) is 60.6 cm³/mol. The minimum atomic E-state index is -4.22. The van der Waals surface area contributed by atoms with Crippen LogP contribution in [0.15, 0.2) is 4.47 Å². The van der Waals surface area contributed by atoms with Crippen LogP contribution in [0.4, 0.5) is 13.2 Å². The summed E-state index contributed by atoms with van der Waals surface area (Å²) in [5.41, 5.74) is 1.46. The van der Waals surface area contributed by atoms with E-state index >= 15 is 0 Å². The summed E-state index contributed by atoms with van der Waals surface area (Å²) in [5, 5.41) is 13.7. The Balaban J connectivity index is 2.59. The highest BCUT2D eigenvalue weighted by atomic mass is 79.9. The van der Waals surface area contributed by atoms with Crippen molar-refractivity contribution in [3.8, 4) is 0 Å². The van der Waals surface area contributed by atoms with Crippen LogP contribution in [-0.4, -0.2) is 27.2 Å². The summed E-state index contributed by atoms with van der Waals surface area (Å²) in [7, 11) is 1.70. The third-order valence-electron chi connectivity index (χ3n) is 2.45. The Morgan fingerprint density at radius 3 is 2.47 bits per heavy atom. The van der Waals surface area contributed by atoms with Gasteiger partial charge in [0.2, 0.25) is 0 Å². The van der Waals surface area contributed by atoms with Gasteiger partial charge in [0.1, 0.15) is 0 Å². The van der Waals surface area contributed by atoms with Crippen LogP contribution in [0.25, 0.3) is 0 Å². The minimum absolute atomic E-state index is 0.161. The number of aryl methyl sites for hydroxylation is 2. The van der Waals surface area contributed by atoms with Crippen molar-refractivity contribution in [2.75, 3.05) is 0 Å². The zero-order valence-electron chi connectivity index (χ0n) is 9.55. The van der Waals surface area contributed by atoms with Crippen LogP contribution in [0.1, 0.15) is 24.2 Å². The first kappa shape index (κ1) is 14.5. The molecule has 1 N–H and O–H groups in total. The van der Waals surface area contributed by atoms with E-state index in [1.807, 2.05) is 0 Å². The molecule has 98 valence electrons. The number of hydrogen-bond donors (Lipinski definition) is 1. The maximum Gasteiger partial charge on any atom is 0.389 e. The largest absolute Gasteiger partial charge is 0.393 e. The molecule has 1 rings (SSSR count). The highest BCUT2D eigenvalue weighted by Crippen LogP contribution is 2.25. The summed E-state index contributed by atoms with van der Waals surface area (Å²) in [6.45, 7) is 1.79. The van der Waals surface area contributed by atoms with Crippen molar-refractivity contribution in [3.63, 3.8) is 0 Å². The van der Waals surface area contributed by atoms with Crippen molar-refractivity contribution >= 4 is 15.9 Å². The number of aliphatic hydroxyl groups excluding tert-OH is 1. The van der Waals surface area contributed by atoms with E-state index in [2.05, 4.69) is 21.0 Å². The highest BCUT2D eigenvalue weighted by molar-refractivity contribution is 9.10. The molecule has 1 aromatic heterocycles. The van der Waals surface area contributed by atoms with Crippen molar-refractivity contribution in [2.45, 2.75) is 38.5 Å². The van der Waals surface area contributed by atoms with E-state index in [-0.39, 0.29) is 12.8 Å². The van der Waals surface area contributed by atoms with Gasteiger partial charge in [-0.25, -0.2) is 0 Å². The van der Waals surface area contributed by atoms with Crippen molar-refractivity contribution in [1.82, 2.24) is 9.78 Å². The molecule has 0 aliphatic carbocycles. The molecular weight excluding hydrogens is 301 g/mol. The number of alkyl halides is 3. The molecule has 1 atom stereocenters. The van der Waals surface area contributed by atoms with Gasteiger partial charge in [0, 0.05) is 19.9 Å². The van der Waals surface area contributed by atoms with Crippen molar-refractivity contribution < 1.29 is 18.3 Å². The standard InChI is InChI=1S/C10H14BrF3N2O/c1-6-9(11)8(16(2)15-6)5-7(17)3-4-10(12,13)14/h7,17H,3-5H2,1-2H3. The topological polar surface area (TPSA) is 38.0 Å². The molecule has 7 heteroatoms. The van der Waals surface area contributed by atoms with Crippen LogP contribution in [-0.2, 0) is 13.5 Å². The zero-order valence-corrected chi connectivity index (χ0v) is 11.1. The molecule has 17 heavy (non-hydrogen) atoms. The second-order valence-electron chi connectivity index (χ2n) is 3.98. The minimum Gasteiger partial charge on any atom is -0.393 e. The molecule has 0 saturated heterocycles. The summed E-state index contributed by atoms with van der Waals surface area (Å²) in [5.74, 6) is 0. The van der Waals surface area contributed by atoms with Gasteiger partial charge in [0.05, 0.1) is 22.0 Å². The van der Waals surface area contributed by atoms with Gasteiger partial charge in [0.15, 0.2) is 0 Å². The van der Waals surface area contributed by atoms with Gasteiger partial charge in [-0.2, -0.15) is 18.3 Å². The second-order valence-corrected chi connectivity index (χ2v) is 4.77. The third-order valence-corrected chi connectivity index (χ3v) is 3.48. The summed E-state index contributed by atoms with van der Waals surface area (Å²) >= 11 is 3.30. The number of hydrogen-bond acceptors (Lipinski definition) is 2. The van der Waals surface area contributed by atoms with Crippen LogP contribution >= 0.6 is 15.9 Å². The predicted octanol–water partition coefficient (Wildman–Crippen LogP) is 2.74. The molecule has 1 unspecified atom stereocenters. The Morgan fingerprint density at radius 2 is 2.06 bits per heavy atom. The number of aliphatic hydroxyl groups is 1. The molecule has 0 aliphatic rings. The van der Waals surface area contributed by atoms with Crippen molar-refractivity contribution in [3.05, 3.63) is 15.9 Å². The van der Waals surface area contributed by atoms with Crippen LogP contribution in [0.3, 0.4) is 0 Å². The van der Waals surface area contributed by atoms with Gasteiger partial charge < -0.3 is 5.11 Å². The number of halogens is 4. The Bertz CT molecular complexity index is 390. The Hall–Kier alpha value is -0.560. The molecule has 0 radical (unpaired) electrons. The molecule has 1 heterocycles. The van der Waals surface area contributed by atoms with Crippen LogP contribution in [0.5, 0.6) is 0 Å². The summed E-state index contributed by atoms with van der Waals surface area (Å²) < 4.78 is 38.2. The van der Waals surface area contributed by atoms with E-state index in [1.165, 1.54) is 0 Å². The first-order chi connectivity index (χ1) is 7.70. The lowest BCUT2D eigenvalue weighted by atomic mass is 10.1. The van der Waals surface area contributed by atoms with Crippen molar-refractivity contribution in [1.29, 1.82) is 0 Å². The summed E-state index contributed by atoms with van der Waals surface area (Å²) in [4.78, 5) is 0. The first-order valence-corrected chi connectivity index (χ1v) is 5.93. The first-order valence-electron chi connectivity index (χ1n) is 5.13. The van der Waals surface area contributed by atoms with Gasteiger partial charge in [0.25, 0.3) is 0 Å². The van der Waals surface area contributed by atoms with Gasteiger partial charge in [-0.3, -0.25) is 4.68 Å². The fourth-order valence-corrected chi connectivity index (χ4v) is 2.06. The van der Waals surface area contributed by atoms with Crippen molar-refractivity contribution in [2.24, 2.45) is 7.05 Å². The monoisotopic (exact) mass is 314 g/mol. The SMILES string of the molecule is Cc1nn(C)c(CC(O)CCC(F)(F)F)c1Br. The Morgan fingerprint density at radius 1 is 1.47 bits per heavy atom. The van der Waals surface area contributed by atoms with E-state index in [0.29, 0.717) is 5.69 Å². The molecule has 0 bridgehead atoms. The van der Waals surface area contributed by atoms with Crippen LogP contribution in [0, 0.1) is 6.92 Å².